The molecule has 0 bridgehead atoms. The van der Waals surface area contributed by atoms with Crippen molar-refractivity contribution < 1.29 is 22.8 Å². The zero-order valence-electron chi connectivity index (χ0n) is 9.01. The fourth-order valence-electron chi connectivity index (χ4n) is 1.12. The Balaban J connectivity index is 3.11. The Kier molecular flexibility index (Phi) is 4.00. The van der Waals surface area contributed by atoms with Crippen LogP contribution in [0.25, 0.3) is 0 Å². The van der Waals surface area contributed by atoms with Crippen LogP contribution in [0.1, 0.15) is 15.9 Å². The van der Waals surface area contributed by atoms with Gasteiger partial charge in [-0.05, 0) is 18.2 Å². The Morgan fingerprint density at radius 1 is 1.41 bits per heavy atom. The predicted molar refractivity (Wildman–Crippen MR) is 55.6 cm³/mol. The lowest BCUT2D eigenvalue weighted by Gasteiger charge is -2.15. The van der Waals surface area contributed by atoms with E-state index in [9.17, 15) is 18.0 Å². The third kappa shape index (κ3) is 3.10. The third-order valence-corrected chi connectivity index (χ3v) is 2.40. The smallest absolute Gasteiger partial charge is 0.274 e. The summed E-state index contributed by atoms with van der Waals surface area (Å²) in [7, 11) is 2.59. The fourth-order valence-corrected chi connectivity index (χ4v) is 1.38. The topological polar surface area (TPSA) is 29.5 Å². The summed E-state index contributed by atoms with van der Waals surface area (Å²) in [4.78, 5) is 16.2. The number of halogens is 4. The van der Waals surface area contributed by atoms with Gasteiger partial charge >= 0.3 is 6.18 Å². The average Bonchev–Trinajstić information content (AvgIpc) is 2.25. The number of alkyl halides is 3. The number of carbonyl (C=O) groups is 1. The fraction of sp³-hybridized carbons (Fsp3) is 0.300. The Hall–Kier alpha value is -1.27. The van der Waals surface area contributed by atoms with Crippen LogP contribution in [-0.2, 0) is 11.0 Å². The molecule has 1 rings (SSSR count). The second-order valence-corrected chi connectivity index (χ2v) is 3.58. The Bertz CT molecular complexity index is 434. The lowest BCUT2D eigenvalue weighted by atomic mass is 10.1. The number of hydrogen-bond acceptors (Lipinski definition) is 2. The number of rotatable bonds is 2. The van der Waals surface area contributed by atoms with Crippen molar-refractivity contribution in [1.82, 2.24) is 5.06 Å². The summed E-state index contributed by atoms with van der Waals surface area (Å²) in [6.45, 7) is 0. The molecule has 0 saturated carbocycles. The van der Waals surface area contributed by atoms with Crippen LogP contribution >= 0.6 is 11.6 Å². The molecule has 0 atom stereocenters. The first-order chi connectivity index (χ1) is 7.77. The first kappa shape index (κ1) is 13.8. The Morgan fingerprint density at radius 3 is 2.41 bits per heavy atom. The van der Waals surface area contributed by atoms with Crippen molar-refractivity contribution >= 4 is 17.5 Å². The van der Waals surface area contributed by atoms with E-state index in [1.165, 1.54) is 14.2 Å². The van der Waals surface area contributed by atoms with Crippen molar-refractivity contribution in [3.63, 3.8) is 0 Å². The second kappa shape index (κ2) is 4.93. The molecule has 7 heteroatoms. The summed E-state index contributed by atoms with van der Waals surface area (Å²) in [6, 6.07) is 2.52. The molecule has 0 aromatic heterocycles. The summed E-state index contributed by atoms with van der Waals surface area (Å²) in [5.74, 6) is -0.619. The quantitative estimate of drug-likeness (QED) is 0.771. The van der Waals surface area contributed by atoms with Gasteiger partial charge in [0.15, 0.2) is 0 Å². The standard InChI is InChI=1S/C10H9ClF3NO2/c1-15(17-2)9(16)7-4-3-6(5-8(7)11)10(12,13)14/h3-5H,1-2H3. The number of carbonyl (C=O) groups excluding carboxylic acids is 1. The Morgan fingerprint density at radius 2 is 2.00 bits per heavy atom. The molecule has 0 radical (unpaired) electrons. The molecule has 1 aromatic carbocycles. The lowest BCUT2D eigenvalue weighted by molar-refractivity contribution is -0.137. The normalized spacial score (nSPS) is 11.4. The van der Waals surface area contributed by atoms with Crippen molar-refractivity contribution in [2.45, 2.75) is 6.18 Å². The zero-order valence-corrected chi connectivity index (χ0v) is 9.76. The summed E-state index contributed by atoms with van der Waals surface area (Å²) in [5, 5.41) is 0.600. The van der Waals surface area contributed by atoms with Gasteiger partial charge < -0.3 is 0 Å². The highest BCUT2D eigenvalue weighted by molar-refractivity contribution is 6.33. The molecular formula is C10H9ClF3NO2. The van der Waals surface area contributed by atoms with Crippen molar-refractivity contribution in [3.8, 4) is 0 Å². The van der Waals surface area contributed by atoms with Crippen molar-refractivity contribution in [2.75, 3.05) is 14.2 Å². The summed E-state index contributed by atoms with van der Waals surface area (Å²) < 4.78 is 37.0. The average molecular weight is 268 g/mol. The number of hydroxylamine groups is 2. The van der Waals surface area contributed by atoms with Crippen LogP contribution in [0, 0.1) is 0 Å². The van der Waals surface area contributed by atoms with E-state index in [1.807, 2.05) is 0 Å². The number of benzene rings is 1. The number of amides is 1. The van der Waals surface area contributed by atoms with Gasteiger partial charge in [-0.25, -0.2) is 5.06 Å². The van der Waals surface area contributed by atoms with E-state index in [-0.39, 0.29) is 10.6 Å². The van der Waals surface area contributed by atoms with E-state index in [2.05, 4.69) is 4.84 Å². The van der Waals surface area contributed by atoms with E-state index in [1.54, 1.807) is 0 Å². The first-order valence-corrected chi connectivity index (χ1v) is 4.84. The Labute approximate surface area is 101 Å². The van der Waals surface area contributed by atoms with E-state index < -0.39 is 17.6 Å². The second-order valence-electron chi connectivity index (χ2n) is 3.18. The highest BCUT2D eigenvalue weighted by Crippen LogP contribution is 2.32. The predicted octanol–water partition coefficient (Wildman–Crippen LogP) is 2.99. The minimum atomic E-state index is -4.49. The SMILES string of the molecule is CON(C)C(=O)c1ccc(C(F)(F)F)cc1Cl. The van der Waals surface area contributed by atoms with E-state index >= 15 is 0 Å². The van der Waals surface area contributed by atoms with Gasteiger partial charge in [0.1, 0.15) is 0 Å². The minimum Gasteiger partial charge on any atom is -0.274 e. The number of hydrogen-bond donors (Lipinski definition) is 0. The molecule has 0 fully saturated rings. The molecule has 94 valence electrons. The maximum atomic E-state index is 12.3. The molecule has 3 nitrogen and oxygen atoms in total. The molecular weight excluding hydrogens is 259 g/mol. The lowest BCUT2D eigenvalue weighted by Crippen LogP contribution is -2.25. The van der Waals surface area contributed by atoms with Gasteiger partial charge in [0.05, 0.1) is 23.3 Å². The van der Waals surface area contributed by atoms with Crippen molar-refractivity contribution in [1.29, 1.82) is 0 Å². The molecule has 0 aliphatic heterocycles. The van der Waals surface area contributed by atoms with E-state index in [4.69, 9.17) is 11.6 Å². The van der Waals surface area contributed by atoms with Gasteiger partial charge in [0.25, 0.3) is 5.91 Å². The summed E-state index contributed by atoms with van der Waals surface area (Å²) >= 11 is 5.63. The zero-order chi connectivity index (χ0) is 13.2. The third-order valence-electron chi connectivity index (χ3n) is 2.09. The molecule has 1 amide bonds. The van der Waals surface area contributed by atoms with Gasteiger partial charge in [0, 0.05) is 7.05 Å². The van der Waals surface area contributed by atoms with Crippen LogP contribution in [0.4, 0.5) is 13.2 Å². The van der Waals surface area contributed by atoms with Crippen LogP contribution in [0.3, 0.4) is 0 Å². The summed E-state index contributed by atoms with van der Waals surface area (Å²) in [5.41, 5.74) is -0.955. The highest BCUT2D eigenvalue weighted by Gasteiger charge is 2.31. The van der Waals surface area contributed by atoms with Crippen LogP contribution in [0.2, 0.25) is 5.02 Å². The van der Waals surface area contributed by atoms with Gasteiger partial charge in [-0.15, -0.1) is 0 Å². The van der Waals surface area contributed by atoms with Gasteiger partial charge in [-0.3, -0.25) is 9.63 Å². The van der Waals surface area contributed by atoms with E-state index in [0.717, 1.165) is 17.2 Å². The van der Waals surface area contributed by atoms with Crippen molar-refractivity contribution in [3.05, 3.63) is 34.3 Å². The van der Waals surface area contributed by atoms with Crippen LogP contribution in [0.15, 0.2) is 18.2 Å². The molecule has 17 heavy (non-hydrogen) atoms. The molecule has 0 spiro atoms. The monoisotopic (exact) mass is 267 g/mol. The van der Waals surface area contributed by atoms with Crippen LogP contribution in [0.5, 0.6) is 0 Å². The molecule has 1 aromatic rings. The number of nitrogens with zero attached hydrogens (tertiary/aromatic N) is 1. The molecule has 0 N–H and O–H groups in total. The maximum absolute atomic E-state index is 12.3. The summed E-state index contributed by atoms with van der Waals surface area (Å²) in [6.07, 6.45) is -4.49. The van der Waals surface area contributed by atoms with Crippen LogP contribution < -0.4 is 0 Å². The van der Waals surface area contributed by atoms with Gasteiger partial charge in [-0.1, -0.05) is 11.6 Å². The molecule has 0 heterocycles. The van der Waals surface area contributed by atoms with Crippen LogP contribution in [-0.4, -0.2) is 25.1 Å². The van der Waals surface area contributed by atoms with Crippen molar-refractivity contribution in [2.24, 2.45) is 0 Å². The van der Waals surface area contributed by atoms with Gasteiger partial charge in [-0.2, -0.15) is 13.2 Å². The molecule has 0 saturated heterocycles. The minimum absolute atomic E-state index is 0.0518. The largest absolute Gasteiger partial charge is 0.416 e. The highest BCUT2D eigenvalue weighted by atomic mass is 35.5. The molecule has 0 unspecified atom stereocenters. The molecule has 0 aliphatic rings. The first-order valence-electron chi connectivity index (χ1n) is 4.46. The van der Waals surface area contributed by atoms with Gasteiger partial charge in [0.2, 0.25) is 0 Å². The maximum Gasteiger partial charge on any atom is 0.416 e. The van der Waals surface area contributed by atoms with E-state index in [0.29, 0.717) is 6.07 Å². The molecule has 0 aliphatic carbocycles.